The predicted octanol–water partition coefficient (Wildman–Crippen LogP) is 1.20. The number of aryl methyl sites for hydroxylation is 2. The van der Waals surface area contributed by atoms with Gasteiger partial charge in [0.1, 0.15) is 11.6 Å². The lowest BCUT2D eigenvalue weighted by molar-refractivity contribution is 0.209. The number of rotatable bonds is 2. The van der Waals surface area contributed by atoms with Crippen molar-refractivity contribution in [2.24, 2.45) is 7.05 Å². The van der Waals surface area contributed by atoms with Crippen LogP contribution in [0.25, 0.3) is 11.0 Å². The number of nitrogens with zero attached hydrogens (tertiary/aromatic N) is 6. The molecule has 6 heteroatoms. The minimum atomic E-state index is 0.614. The minimum absolute atomic E-state index is 0.614. The van der Waals surface area contributed by atoms with E-state index in [-0.39, 0.29) is 0 Å². The molecule has 2 aromatic rings. The Balaban J connectivity index is 1.91. The van der Waals surface area contributed by atoms with Crippen LogP contribution in [0.1, 0.15) is 19.7 Å². The van der Waals surface area contributed by atoms with Crippen LogP contribution in [-0.2, 0) is 7.05 Å². The van der Waals surface area contributed by atoms with Gasteiger partial charge in [0.05, 0.1) is 11.6 Å². The number of aromatic nitrogens is 4. The molecule has 2 aromatic heterocycles. The number of hydrogen-bond acceptors (Lipinski definition) is 5. The van der Waals surface area contributed by atoms with E-state index in [2.05, 4.69) is 38.7 Å². The largest absolute Gasteiger partial charge is 0.353 e. The summed E-state index contributed by atoms with van der Waals surface area (Å²) in [7, 11) is 1.93. The van der Waals surface area contributed by atoms with Gasteiger partial charge in [-0.3, -0.25) is 9.58 Å². The second-order valence-electron chi connectivity index (χ2n) is 5.72. The maximum Gasteiger partial charge on any atom is 0.163 e. The fourth-order valence-electron chi connectivity index (χ4n) is 2.80. The smallest absolute Gasteiger partial charge is 0.163 e. The van der Waals surface area contributed by atoms with Gasteiger partial charge in [-0.05, 0) is 20.8 Å². The number of anilines is 1. The molecular formula is C14H22N6. The molecule has 0 radical (unpaired) electrons. The molecule has 0 amide bonds. The van der Waals surface area contributed by atoms with Crippen molar-refractivity contribution in [2.45, 2.75) is 26.8 Å². The third-order valence-corrected chi connectivity index (χ3v) is 4.03. The van der Waals surface area contributed by atoms with Gasteiger partial charge in [0, 0.05) is 39.3 Å². The molecule has 108 valence electrons. The number of hydrogen-bond donors (Lipinski definition) is 0. The summed E-state index contributed by atoms with van der Waals surface area (Å²) in [6, 6.07) is 0.614. The molecule has 3 heterocycles. The fraction of sp³-hybridized carbons (Fsp3) is 0.643. The van der Waals surface area contributed by atoms with Crippen LogP contribution in [0.3, 0.4) is 0 Å². The molecule has 1 fully saturated rings. The highest BCUT2D eigenvalue weighted by atomic mass is 15.3. The Kier molecular flexibility index (Phi) is 3.33. The normalized spacial score (nSPS) is 17.4. The molecule has 0 N–H and O–H groups in total. The average Bonchev–Trinajstić information content (AvgIpc) is 2.80. The summed E-state index contributed by atoms with van der Waals surface area (Å²) >= 11 is 0. The summed E-state index contributed by atoms with van der Waals surface area (Å²) < 4.78 is 1.82. The molecule has 1 saturated heterocycles. The first-order valence-corrected chi connectivity index (χ1v) is 7.21. The molecule has 0 atom stereocenters. The Morgan fingerprint density at radius 3 is 2.45 bits per heavy atom. The zero-order valence-corrected chi connectivity index (χ0v) is 12.7. The van der Waals surface area contributed by atoms with Crippen molar-refractivity contribution in [1.29, 1.82) is 0 Å². The van der Waals surface area contributed by atoms with Gasteiger partial charge in [0.15, 0.2) is 5.65 Å². The van der Waals surface area contributed by atoms with Gasteiger partial charge in [0.2, 0.25) is 0 Å². The van der Waals surface area contributed by atoms with Gasteiger partial charge in [0.25, 0.3) is 0 Å². The summed E-state index contributed by atoms with van der Waals surface area (Å²) in [4.78, 5) is 14.0. The highest BCUT2D eigenvalue weighted by molar-refractivity contribution is 5.87. The van der Waals surface area contributed by atoms with Crippen molar-refractivity contribution < 1.29 is 0 Å². The third-order valence-electron chi connectivity index (χ3n) is 4.03. The Morgan fingerprint density at radius 2 is 1.80 bits per heavy atom. The van der Waals surface area contributed by atoms with Gasteiger partial charge in [-0.15, -0.1) is 0 Å². The first kappa shape index (κ1) is 13.3. The van der Waals surface area contributed by atoms with E-state index in [9.17, 15) is 0 Å². The maximum atomic E-state index is 4.65. The van der Waals surface area contributed by atoms with Crippen molar-refractivity contribution >= 4 is 16.9 Å². The SMILES string of the molecule is Cc1nc(N2CCN(C(C)C)CC2)c2cnn(C)c2n1. The Morgan fingerprint density at radius 1 is 1.10 bits per heavy atom. The molecule has 6 nitrogen and oxygen atoms in total. The topological polar surface area (TPSA) is 50.1 Å². The van der Waals surface area contributed by atoms with Crippen LogP contribution in [0, 0.1) is 6.92 Å². The molecule has 0 spiro atoms. The lowest BCUT2D eigenvalue weighted by Crippen LogP contribution is -2.49. The quantitative estimate of drug-likeness (QED) is 0.823. The van der Waals surface area contributed by atoms with Gasteiger partial charge in [-0.25, -0.2) is 9.97 Å². The van der Waals surface area contributed by atoms with Gasteiger partial charge >= 0.3 is 0 Å². The van der Waals surface area contributed by atoms with E-state index in [0.29, 0.717) is 6.04 Å². The molecule has 1 aliphatic rings. The Labute approximate surface area is 119 Å². The van der Waals surface area contributed by atoms with E-state index < -0.39 is 0 Å². The maximum absolute atomic E-state index is 4.65. The minimum Gasteiger partial charge on any atom is -0.353 e. The first-order chi connectivity index (χ1) is 9.56. The van der Waals surface area contributed by atoms with Gasteiger partial charge in [-0.2, -0.15) is 5.10 Å². The molecule has 0 bridgehead atoms. The average molecular weight is 274 g/mol. The Hall–Kier alpha value is -1.69. The second kappa shape index (κ2) is 5.01. The van der Waals surface area contributed by atoms with Gasteiger partial charge in [-0.1, -0.05) is 0 Å². The van der Waals surface area contributed by atoms with E-state index in [1.165, 1.54) is 0 Å². The van der Waals surface area contributed by atoms with Gasteiger partial charge < -0.3 is 4.90 Å². The summed E-state index contributed by atoms with van der Waals surface area (Å²) in [5.74, 6) is 1.84. The molecule has 0 aromatic carbocycles. The van der Waals surface area contributed by atoms with E-state index in [1.807, 2.05) is 24.9 Å². The summed E-state index contributed by atoms with van der Waals surface area (Å²) in [5.41, 5.74) is 0.916. The van der Waals surface area contributed by atoms with Crippen LogP contribution in [-0.4, -0.2) is 56.9 Å². The highest BCUT2D eigenvalue weighted by Crippen LogP contribution is 2.24. The molecule has 0 aliphatic carbocycles. The molecule has 0 saturated carbocycles. The third kappa shape index (κ3) is 2.24. The molecule has 20 heavy (non-hydrogen) atoms. The number of fused-ring (bicyclic) bond motifs is 1. The van der Waals surface area contributed by atoms with E-state index in [4.69, 9.17) is 0 Å². The fourth-order valence-corrected chi connectivity index (χ4v) is 2.80. The van der Waals surface area contributed by atoms with Crippen LogP contribution >= 0.6 is 0 Å². The van der Waals surface area contributed by atoms with Crippen molar-refractivity contribution in [3.8, 4) is 0 Å². The molecule has 3 rings (SSSR count). The second-order valence-corrected chi connectivity index (χ2v) is 5.72. The van der Waals surface area contributed by atoms with E-state index in [0.717, 1.165) is 48.9 Å². The van der Waals surface area contributed by atoms with Crippen LogP contribution in [0.15, 0.2) is 6.20 Å². The number of piperazine rings is 1. The van der Waals surface area contributed by atoms with Crippen molar-refractivity contribution in [1.82, 2.24) is 24.6 Å². The lowest BCUT2D eigenvalue weighted by atomic mass is 10.2. The van der Waals surface area contributed by atoms with Crippen LogP contribution in [0.5, 0.6) is 0 Å². The van der Waals surface area contributed by atoms with Crippen molar-refractivity contribution in [3.63, 3.8) is 0 Å². The zero-order valence-electron chi connectivity index (χ0n) is 12.7. The highest BCUT2D eigenvalue weighted by Gasteiger charge is 2.22. The summed E-state index contributed by atoms with van der Waals surface area (Å²) in [5, 5.41) is 5.36. The van der Waals surface area contributed by atoms with E-state index in [1.54, 1.807) is 0 Å². The van der Waals surface area contributed by atoms with Crippen LogP contribution in [0.2, 0.25) is 0 Å². The first-order valence-electron chi connectivity index (χ1n) is 7.21. The lowest BCUT2D eigenvalue weighted by Gasteiger charge is -2.37. The monoisotopic (exact) mass is 274 g/mol. The summed E-state index contributed by atoms with van der Waals surface area (Å²) in [6.07, 6.45) is 1.87. The van der Waals surface area contributed by atoms with E-state index >= 15 is 0 Å². The van der Waals surface area contributed by atoms with Crippen molar-refractivity contribution in [2.75, 3.05) is 31.1 Å². The van der Waals surface area contributed by atoms with Crippen LogP contribution in [0.4, 0.5) is 5.82 Å². The molecule has 0 unspecified atom stereocenters. The Bertz CT molecular complexity index is 609. The predicted molar refractivity (Wildman–Crippen MR) is 80.0 cm³/mol. The molecule has 1 aliphatic heterocycles. The van der Waals surface area contributed by atoms with Crippen LogP contribution < -0.4 is 4.90 Å². The zero-order chi connectivity index (χ0) is 14.3. The summed E-state index contributed by atoms with van der Waals surface area (Å²) in [6.45, 7) is 10.6. The molecular weight excluding hydrogens is 252 g/mol. The standard InChI is InChI=1S/C14H22N6/c1-10(2)19-5-7-20(8-6-19)14-12-9-15-18(4)13(12)16-11(3)17-14/h9-10H,5-8H2,1-4H3. The van der Waals surface area contributed by atoms with Crippen molar-refractivity contribution in [3.05, 3.63) is 12.0 Å².